The molecule has 2 aromatic heterocycles. The Hall–Kier alpha value is -2.17. The Labute approximate surface area is 126 Å². The molecule has 0 spiro atoms. The van der Waals surface area contributed by atoms with Gasteiger partial charge in [0.05, 0.1) is 16.3 Å². The number of fused-ring (bicyclic) bond motifs is 1. The molecule has 0 aromatic carbocycles. The van der Waals surface area contributed by atoms with Crippen molar-refractivity contribution in [3.8, 4) is 11.8 Å². The minimum Gasteiger partial charge on any atom is -0.384 e. The van der Waals surface area contributed by atoms with Crippen LogP contribution in [0.5, 0.6) is 0 Å². The number of aliphatic hydroxyl groups is 1. The summed E-state index contributed by atoms with van der Waals surface area (Å²) in [6.45, 7) is 3.59. The Balaban J connectivity index is 1.80. The lowest BCUT2D eigenvalue weighted by Crippen LogP contribution is -2.37. The van der Waals surface area contributed by atoms with Crippen LogP contribution in [0.3, 0.4) is 0 Å². The highest BCUT2D eigenvalue weighted by atomic mass is 32.1. The van der Waals surface area contributed by atoms with Crippen molar-refractivity contribution in [2.75, 3.05) is 13.2 Å². The molecule has 0 atom stereocenters. The third-order valence-corrected chi connectivity index (χ3v) is 4.48. The highest BCUT2D eigenvalue weighted by molar-refractivity contribution is 7.14. The van der Waals surface area contributed by atoms with Crippen molar-refractivity contribution < 1.29 is 9.90 Å². The number of amides is 1. The number of aliphatic hydroxyl groups excluding tert-OH is 1. The number of carbonyl (C=O) groups is 1. The van der Waals surface area contributed by atoms with Gasteiger partial charge in [0.15, 0.2) is 5.82 Å². The normalized spacial score (nSPS) is 13.5. The van der Waals surface area contributed by atoms with Gasteiger partial charge < -0.3 is 14.6 Å². The van der Waals surface area contributed by atoms with Gasteiger partial charge in [-0.25, -0.2) is 0 Å². The van der Waals surface area contributed by atoms with Crippen LogP contribution in [0.4, 0.5) is 0 Å². The summed E-state index contributed by atoms with van der Waals surface area (Å²) in [7, 11) is 0. The summed E-state index contributed by atoms with van der Waals surface area (Å²) >= 11 is 1.37. The average Bonchev–Trinajstić information content (AvgIpc) is 3.10. The van der Waals surface area contributed by atoms with Crippen LogP contribution in [0.1, 0.15) is 25.9 Å². The van der Waals surface area contributed by atoms with Gasteiger partial charge in [0.1, 0.15) is 12.9 Å². The summed E-state index contributed by atoms with van der Waals surface area (Å²) in [5.41, 5.74) is 0.962. The molecule has 3 heterocycles. The van der Waals surface area contributed by atoms with Crippen molar-refractivity contribution >= 4 is 17.2 Å². The van der Waals surface area contributed by atoms with Crippen molar-refractivity contribution in [2.24, 2.45) is 0 Å². The average molecular weight is 302 g/mol. The van der Waals surface area contributed by atoms with E-state index in [-0.39, 0.29) is 12.5 Å². The SMILES string of the molecule is Cc1cc(C(=O)N2CCn3cnnc3C2)sc1C#CCO. The topological polar surface area (TPSA) is 71.2 Å². The molecular formula is C14H14N4O2S. The summed E-state index contributed by atoms with van der Waals surface area (Å²) in [4.78, 5) is 15.8. The number of aryl methyl sites for hydroxylation is 1. The van der Waals surface area contributed by atoms with Gasteiger partial charge in [-0.2, -0.15) is 0 Å². The molecule has 0 unspecified atom stereocenters. The van der Waals surface area contributed by atoms with Crippen LogP contribution >= 0.6 is 11.3 Å². The van der Waals surface area contributed by atoms with Gasteiger partial charge in [-0.3, -0.25) is 4.79 Å². The molecular weight excluding hydrogens is 288 g/mol. The number of hydrogen-bond acceptors (Lipinski definition) is 5. The van der Waals surface area contributed by atoms with E-state index < -0.39 is 0 Å². The maximum Gasteiger partial charge on any atom is 0.264 e. The van der Waals surface area contributed by atoms with Crippen LogP contribution in [0, 0.1) is 18.8 Å². The van der Waals surface area contributed by atoms with E-state index in [0.29, 0.717) is 18.0 Å². The Morgan fingerprint density at radius 1 is 1.52 bits per heavy atom. The second-order valence-corrected chi connectivity index (χ2v) is 5.80. The Kier molecular flexibility index (Phi) is 3.73. The van der Waals surface area contributed by atoms with Crippen molar-refractivity contribution in [1.82, 2.24) is 19.7 Å². The zero-order valence-electron chi connectivity index (χ0n) is 11.5. The van der Waals surface area contributed by atoms with Crippen molar-refractivity contribution in [3.05, 3.63) is 33.5 Å². The third-order valence-electron chi connectivity index (χ3n) is 3.34. The number of aromatic nitrogens is 3. The molecule has 0 fully saturated rings. The number of rotatable bonds is 1. The van der Waals surface area contributed by atoms with Gasteiger partial charge in [0.25, 0.3) is 5.91 Å². The summed E-state index contributed by atoms with van der Waals surface area (Å²) in [6.07, 6.45) is 1.69. The summed E-state index contributed by atoms with van der Waals surface area (Å²) in [5, 5.41) is 16.6. The second kappa shape index (κ2) is 5.68. The first kappa shape index (κ1) is 13.8. The van der Waals surface area contributed by atoms with Crippen LogP contribution in [0.2, 0.25) is 0 Å². The van der Waals surface area contributed by atoms with Gasteiger partial charge in [-0.1, -0.05) is 11.8 Å². The molecule has 0 saturated heterocycles. The first-order chi connectivity index (χ1) is 10.2. The molecule has 1 amide bonds. The number of thiophene rings is 1. The Bertz CT molecular complexity index is 738. The minimum atomic E-state index is -0.178. The van der Waals surface area contributed by atoms with Crippen LogP contribution in [0.25, 0.3) is 0 Å². The van der Waals surface area contributed by atoms with E-state index in [0.717, 1.165) is 22.8 Å². The highest BCUT2D eigenvalue weighted by Crippen LogP contribution is 2.23. The number of nitrogens with zero attached hydrogens (tertiary/aromatic N) is 4. The Morgan fingerprint density at radius 3 is 3.19 bits per heavy atom. The molecule has 1 N–H and O–H groups in total. The fraction of sp³-hybridized carbons (Fsp3) is 0.357. The minimum absolute atomic E-state index is 0.00519. The molecule has 6 nitrogen and oxygen atoms in total. The molecule has 2 aromatic rings. The fourth-order valence-electron chi connectivity index (χ4n) is 2.23. The first-order valence-corrected chi connectivity index (χ1v) is 7.37. The van der Waals surface area contributed by atoms with E-state index in [2.05, 4.69) is 22.0 Å². The van der Waals surface area contributed by atoms with Crippen LogP contribution in [0.15, 0.2) is 12.4 Å². The molecule has 0 aliphatic carbocycles. The van der Waals surface area contributed by atoms with Crippen molar-refractivity contribution in [3.63, 3.8) is 0 Å². The molecule has 0 bridgehead atoms. The molecule has 108 valence electrons. The second-order valence-electron chi connectivity index (χ2n) is 4.75. The molecule has 7 heteroatoms. The van der Waals surface area contributed by atoms with Crippen LogP contribution in [-0.4, -0.2) is 43.8 Å². The predicted octanol–water partition coefficient (Wildman–Crippen LogP) is 0.648. The van der Waals surface area contributed by atoms with Crippen LogP contribution in [-0.2, 0) is 13.1 Å². The summed E-state index contributed by atoms with van der Waals surface area (Å²) < 4.78 is 1.96. The maximum atomic E-state index is 12.6. The first-order valence-electron chi connectivity index (χ1n) is 6.55. The monoisotopic (exact) mass is 302 g/mol. The molecule has 1 aliphatic rings. The lowest BCUT2D eigenvalue weighted by molar-refractivity contribution is 0.0712. The van der Waals surface area contributed by atoms with Crippen molar-refractivity contribution in [2.45, 2.75) is 20.0 Å². The lowest BCUT2D eigenvalue weighted by atomic mass is 10.2. The quantitative estimate of drug-likeness (QED) is 0.785. The molecule has 3 rings (SSSR count). The standard InChI is InChI=1S/C14H14N4O2S/c1-10-7-12(21-11(10)3-2-6-19)14(20)17-4-5-18-9-15-16-13(18)8-17/h7,9,19H,4-6,8H2,1H3. The summed E-state index contributed by atoms with van der Waals surface area (Å²) in [5.74, 6) is 6.29. The van der Waals surface area contributed by atoms with Gasteiger partial charge in [-0.15, -0.1) is 21.5 Å². The van der Waals surface area contributed by atoms with Crippen molar-refractivity contribution in [1.29, 1.82) is 0 Å². The van der Waals surface area contributed by atoms with Gasteiger partial charge in [0.2, 0.25) is 0 Å². The van der Waals surface area contributed by atoms with E-state index in [9.17, 15) is 4.79 Å². The van der Waals surface area contributed by atoms with E-state index in [4.69, 9.17) is 5.11 Å². The Morgan fingerprint density at radius 2 is 2.38 bits per heavy atom. The third kappa shape index (κ3) is 2.68. The summed E-state index contributed by atoms with van der Waals surface area (Å²) in [6, 6.07) is 1.85. The van der Waals surface area contributed by atoms with E-state index in [1.165, 1.54) is 11.3 Å². The molecule has 21 heavy (non-hydrogen) atoms. The van der Waals surface area contributed by atoms with Gasteiger partial charge in [-0.05, 0) is 18.6 Å². The largest absolute Gasteiger partial charge is 0.384 e. The molecule has 0 radical (unpaired) electrons. The maximum absolute atomic E-state index is 12.6. The zero-order valence-corrected chi connectivity index (χ0v) is 12.4. The van der Waals surface area contributed by atoms with Crippen LogP contribution < -0.4 is 0 Å². The molecule has 0 saturated carbocycles. The smallest absolute Gasteiger partial charge is 0.264 e. The molecule has 1 aliphatic heterocycles. The predicted molar refractivity (Wildman–Crippen MR) is 77.8 cm³/mol. The lowest BCUT2D eigenvalue weighted by Gasteiger charge is -2.26. The zero-order chi connectivity index (χ0) is 14.8. The van der Waals surface area contributed by atoms with Gasteiger partial charge in [0, 0.05) is 13.1 Å². The fourth-order valence-corrected chi connectivity index (χ4v) is 3.24. The number of hydrogen-bond donors (Lipinski definition) is 1. The van der Waals surface area contributed by atoms with E-state index >= 15 is 0 Å². The number of carbonyl (C=O) groups excluding carboxylic acids is 1. The van der Waals surface area contributed by atoms with E-state index in [1.54, 1.807) is 11.2 Å². The van der Waals surface area contributed by atoms with E-state index in [1.807, 2.05) is 17.6 Å². The highest BCUT2D eigenvalue weighted by Gasteiger charge is 2.24. The van der Waals surface area contributed by atoms with Gasteiger partial charge >= 0.3 is 0 Å².